The summed E-state index contributed by atoms with van der Waals surface area (Å²) in [5, 5.41) is 0. The molecule has 8 nitrogen and oxygen atoms in total. The molecule has 0 spiro atoms. The van der Waals surface area contributed by atoms with Crippen molar-refractivity contribution in [2.45, 2.75) is 24.3 Å². The van der Waals surface area contributed by atoms with Crippen molar-refractivity contribution < 1.29 is 26.2 Å². The van der Waals surface area contributed by atoms with Gasteiger partial charge in [-0.2, -0.15) is 12.7 Å². The first kappa shape index (κ1) is 18.8. The van der Waals surface area contributed by atoms with Gasteiger partial charge in [0.25, 0.3) is 5.91 Å². The van der Waals surface area contributed by atoms with Crippen LogP contribution in [0.4, 0.5) is 0 Å². The molecule has 1 aromatic carbocycles. The fraction of sp³-hybridized carbons (Fsp3) is 0.417. The molecule has 122 valence electrons. The Labute approximate surface area is 156 Å². The fourth-order valence-corrected chi connectivity index (χ4v) is 5.60. The van der Waals surface area contributed by atoms with Crippen molar-refractivity contribution in [1.82, 2.24) is 8.61 Å². The number of carbonyl (C=O) groups is 1. The van der Waals surface area contributed by atoms with E-state index in [1.807, 2.05) is 0 Å². The number of carbonyl (C=O) groups excluding carboxylic acids is 1. The van der Waals surface area contributed by atoms with Crippen LogP contribution in [0.5, 0.6) is 0 Å². The first-order valence-corrected chi connectivity index (χ1v) is 9.56. The van der Waals surface area contributed by atoms with Crippen molar-refractivity contribution in [2.24, 2.45) is 0 Å². The molecule has 23 heavy (non-hydrogen) atoms. The average molecular weight is 370 g/mol. The van der Waals surface area contributed by atoms with Crippen LogP contribution in [-0.2, 0) is 30.9 Å². The van der Waals surface area contributed by atoms with Gasteiger partial charge in [-0.25, -0.2) is 12.7 Å². The molecule has 11 heteroatoms. The molecule has 0 radical (unpaired) electrons. The third-order valence-corrected chi connectivity index (χ3v) is 6.66. The second-order valence-corrected chi connectivity index (χ2v) is 8.48. The summed E-state index contributed by atoms with van der Waals surface area (Å²) < 4.78 is 57.5. The molecule has 0 aromatic heterocycles. The Kier molecular flexibility index (Phi) is 5.27. The number of hydrogen-bond acceptors (Lipinski definition) is 5. The molecule has 2 aliphatic rings. The molecule has 2 heterocycles. The summed E-state index contributed by atoms with van der Waals surface area (Å²) in [6.07, 6.45) is 0.185. The Bertz CT molecular complexity index is 811. The van der Waals surface area contributed by atoms with Crippen LogP contribution < -0.4 is 0 Å². The van der Waals surface area contributed by atoms with Crippen molar-refractivity contribution in [2.75, 3.05) is 6.54 Å². The van der Waals surface area contributed by atoms with E-state index in [0.29, 0.717) is 9.87 Å². The van der Waals surface area contributed by atoms with E-state index >= 15 is 0 Å². The van der Waals surface area contributed by atoms with Gasteiger partial charge in [-0.3, -0.25) is 9.35 Å². The number of benzene rings is 1. The van der Waals surface area contributed by atoms with Gasteiger partial charge in [0.05, 0.1) is 11.8 Å². The Morgan fingerprint density at radius 3 is 2.30 bits per heavy atom. The van der Waals surface area contributed by atoms with E-state index in [2.05, 4.69) is 0 Å². The number of β-lactam (4-membered cyclic amide) rings is 1. The van der Waals surface area contributed by atoms with Crippen LogP contribution in [-0.4, -0.2) is 84.1 Å². The number of rotatable bonds is 4. The summed E-state index contributed by atoms with van der Waals surface area (Å²) in [6.45, 7) is 0.0578. The summed E-state index contributed by atoms with van der Waals surface area (Å²) in [5.41, 5.74) is 0.587. The number of nitrogens with zero attached hydrogens (tertiary/aromatic N) is 2. The maximum atomic E-state index is 12.4. The van der Waals surface area contributed by atoms with Crippen molar-refractivity contribution in [3.63, 3.8) is 0 Å². The molecular weight excluding hydrogens is 355 g/mol. The molecule has 0 aliphatic carbocycles. The second kappa shape index (κ2) is 6.43. The predicted molar refractivity (Wildman–Crippen MR) is 83.5 cm³/mol. The average Bonchev–Trinajstić information content (AvgIpc) is 2.77. The van der Waals surface area contributed by atoms with E-state index in [1.165, 1.54) is 0 Å². The van der Waals surface area contributed by atoms with Gasteiger partial charge in [-0.05, 0) is 12.0 Å². The van der Waals surface area contributed by atoms with Gasteiger partial charge in [0.15, 0.2) is 0 Å². The maximum absolute atomic E-state index is 12.4. The normalized spacial score (nSPS) is 24.7. The molecule has 2 atom stereocenters. The van der Waals surface area contributed by atoms with Crippen LogP contribution in [0.3, 0.4) is 0 Å². The number of amides is 1. The van der Waals surface area contributed by atoms with Gasteiger partial charge < -0.3 is 0 Å². The standard InChI is InChI=1S/C12H14N2O6S2.Na.H/c15-12-11-10(14(12)22(18,19)20)6-7-13(11)21(16,17)8-9-4-2-1-3-5-9;;/h1-5,10-11H,6-8H2,(H,18,19,20);;/t10-,11+;;/m1../s1. The number of fused-ring (bicyclic) bond motifs is 1. The first-order valence-electron chi connectivity index (χ1n) is 6.56. The zero-order valence-electron chi connectivity index (χ0n) is 11.4. The third kappa shape index (κ3) is 3.34. The van der Waals surface area contributed by atoms with Gasteiger partial charge in [-0.15, -0.1) is 0 Å². The van der Waals surface area contributed by atoms with Gasteiger partial charge >= 0.3 is 39.9 Å². The number of hydrogen-bond donors (Lipinski definition) is 1. The van der Waals surface area contributed by atoms with Crippen molar-refractivity contribution >= 4 is 55.8 Å². The number of sulfonamides is 1. The van der Waals surface area contributed by atoms with Crippen LogP contribution in [0.2, 0.25) is 0 Å². The summed E-state index contributed by atoms with van der Waals surface area (Å²) in [7, 11) is -8.37. The molecule has 0 unspecified atom stereocenters. The van der Waals surface area contributed by atoms with E-state index in [4.69, 9.17) is 4.55 Å². The SMILES string of the molecule is O=C1[C@@H]2[C@@H](CCN2S(=O)(=O)Cc2ccccc2)N1S(=O)(=O)O.[NaH]. The quantitative estimate of drug-likeness (QED) is 0.411. The Morgan fingerprint density at radius 2 is 1.74 bits per heavy atom. The zero-order chi connectivity index (χ0) is 16.1. The summed E-state index contributed by atoms with van der Waals surface area (Å²) in [5.74, 6) is -1.16. The minimum absolute atomic E-state index is 0. The van der Waals surface area contributed by atoms with Crippen LogP contribution in [0.15, 0.2) is 30.3 Å². The fourth-order valence-electron chi connectivity index (χ4n) is 2.96. The molecule has 0 bridgehead atoms. The van der Waals surface area contributed by atoms with Crippen molar-refractivity contribution in [1.29, 1.82) is 0 Å². The minimum atomic E-state index is -4.63. The summed E-state index contributed by atoms with van der Waals surface area (Å²) in [4.78, 5) is 11.9. The Morgan fingerprint density at radius 1 is 1.13 bits per heavy atom. The zero-order valence-corrected chi connectivity index (χ0v) is 13.0. The molecule has 3 rings (SSSR count). The second-order valence-electron chi connectivity index (χ2n) is 5.27. The molecule has 2 fully saturated rings. The molecule has 0 saturated carbocycles. The van der Waals surface area contributed by atoms with Gasteiger partial charge in [0, 0.05) is 6.54 Å². The van der Waals surface area contributed by atoms with Gasteiger partial charge in [-0.1, -0.05) is 30.3 Å². The van der Waals surface area contributed by atoms with Crippen LogP contribution in [0.25, 0.3) is 0 Å². The molecule has 1 aromatic rings. The molecule has 1 amide bonds. The molecule has 2 aliphatic heterocycles. The van der Waals surface area contributed by atoms with E-state index in [1.54, 1.807) is 30.3 Å². The van der Waals surface area contributed by atoms with Crippen molar-refractivity contribution in [3.05, 3.63) is 35.9 Å². The van der Waals surface area contributed by atoms with E-state index in [9.17, 15) is 21.6 Å². The Hall–Kier alpha value is -0.490. The van der Waals surface area contributed by atoms with E-state index in [0.717, 1.165) is 4.31 Å². The molecular formula is C12H15N2NaO6S2. The van der Waals surface area contributed by atoms with Crippen LogP contribution >= 0.6 is 0 Å². The third-order valence-electron chi connectivity index (χ3n) is 3.89. The summed E-state index contributed by atoms with van der Waals surface area (Å²) >= 11 is 0. The first-order chi connectivity index (χ1) is 10.2. The van der Waals surface area contributed by atoms with Crippen LogP contribution in [0.1, 0.15) is 12.0 Å². The molecule has 2 saturated heterocycles. The van der Waals surface area contributed by atoms with Gasteiger partial charge in [0.2, 0.25) is 10.0 Å². The molecule has 1 N–H and O–H groups in total. The van der Waals surface area contributed by atoms with E-state index in [-0.39, 0.29) is 48.3 Å². The van der Waals surface area contributed by atoms with E-state index < -0.39 is 38.3 Å². The Balaban J connectivity index is 0.00000192. The predicted octanol–water partition coefficient (Wildman–Crippen LogP) is -1.04. The van der Waals surface area contributed by atoms with Gasteiger partial charge in [0.1, 0.15) is 6.04 Å². The topological polar surface area (TPSA) is 112 Å². The van der Waals surface area contributed by atoms with Crippen molar-refractivity contribution in [3.8, 4) is 0 Å². The van der Waals surface area contributed by atoms with Crippen LogP contribution in [0, 0.1) is 0 Å². The monoisotopic (exact) mass is 370 g/mol. The summed E-state index contributed by atoms with van der Waals surface area (Å²) in [6, 6.07) is 6.68.